The second-order valence-corrected chi connectivity index (χ2v) is 9.04. The lowest BCUT2D eigenvalue weighted by atomic mass is 9.95. The van der Waals surface area contributed by atoms with Crippen LogP contribution in [-0.2, 0) is 9.59 Å². The average molecular weight is 419 g/mol. The number of hydrogen-bond acceptors (Lipinski definition) is 5. The van der Waals surface area contributed by atoms with Gasteiger partial charge in [0, 0.05) is 37.0 Å². The Kier molecular flexibility index (Phi) is 6.85. The highest BCUT2D eigenvalue weighted by atomic mass is 32.2. The lowest BCUT2D eigenvalue weighted by Gasteiger charge is -2.34. The van der Waals surface area contributed by atoms with Gasteiger partial charge in [-0.2, -0.15) is 0 Å². The first-order chi connectivity index (χ1) is 14.2. The van der Waals surface area contributed by atoms with Crippen LogP contribution in [0.1, 0.15) is 38.5 Å². The lowest BCUT2D eigenvalue weighted by molar-refractivity contribution is -0.139. The van der Waals surface area contributed by atoms with E-state index in [1.54, 1.807) is 0 Å². The molecule has 0 aliphatic carbocycles. The van der Waals surface area contributed by atoms with Crippen molar-refractivity contribution in [3.8, 4) is 11.5 Å². The SMILES string of the molecule is O=C(CSc1ccc2c(c1)OCCO2)N1CCC(C(=O)N2CCCCCC2)CC1. The van der Waals surface area contributed by atoms with Crippen molar-refractivity contribution in [2.75, 3.05) is 45.1 Å². The number of thioether (sulfide) groups is 1. The van der Waals surface area contributed by atoms with Crippen molar-refractivity contribution >= 4 is 23.6 Å². The third-order valence-corrected chi connectivity index (χ3v) is 6.97. The molecule has 0 atom stereocenters. The minimum atomic E-state index is 0.0857. The van der Waals surface area contributed by atoms with Gasteiger partial charge in [0.1, 0.15) is 13.2 Å². The first kappa shape index (κ1) is 20.4. The second kappa shape index (κ2) is 9.74. The Bertz CT molecular complexity index is 726. The zero-order valence-electron chi connectivity index (χ0n) is 16.9. The predicted molar refractivity (Wildman–Crippen MR) is 113 cm³/mol. The van der Waals surface area contributed by atoms with Gasteiger partial charge in [0.25, 0.3) is 0 Å². The highest BCUT2D eigenvalue weighted by Crippen LogP contribution is 2.34. The van der Waals surface area contributed by atoms with Crippen LogP contribution in [0.3, 0.4) is 0 Å². The van der Waals surface area contributed by atoms with E-state index >= 15 is 0 Å². The molecule has 3 aliphatic rings. The monoisotopic (exact) mass is 418 g/mol. The van der Waals surface area contributed by atoms with Crippen molar-refractivity contribution < 1.29 is 19.1 Å². The number of hydrogen-bond donors (Lipinski definition) is 0. The number of carbonyl (C=O) groups is 2. The molecule has 158 valence electrons. The maximum atomic E-state index is 12.8. The van der Waals surface area contributed by atoms with Crippen LogP contribution in [0.4, 0.5) is 0 Å². The zero-order chi connectivity index (χ0) is 20.1. The fraction of sp³-hybridized carbons (Fsp3) is 0.636. The molecule has 0 radical (unpaired) electrons. The summed E-state index contributed by atoms with van der Waals surface area (Å²) in [5, 5.41) is 0. The highest BCUT2D eigenvalue weighted by molar-refractivity contribution is 8.00. The Morgan fingerprint density at radius 1 is 0.897 bits per heavy atom. The smallest absolute Gasteiger partial charge is 0.232 e. The van der Waals surface area contributed by atoms with Gasteiger partial charge in [0.15, 0.2) is 11.5 Å². The first-order valence-corrected chi connectivity index (χ1v) is 11.8. The molecule has 1 aromatic rings. The minimum absolute atomic E-state index is 0.0857. The molecule has 0 aromatic heterocycles. The Hall–Kier alpha value is -1.89. The Morgan fingerprint density at radius 3 is 2.31 bits per heavy atom. The summed E-state index contributed by atoms with van der Waals surface area (Å²) in [6.45, 7) is 4.32. The van der Waals surface area contributed by atoms with E-state index in [0.717, 1.165) is 55.2 Å². The highest BCUT2D eigenvalue weighted by Gasteiger charge is 2.30. The van der Waals surface area contributed by atoms with Crippen LogP contribution in [0.25, 0.3) is 0 Å². The van der Waals surface area contributed by atoms with Gasteiger partial charge >= 0.3 is 0 Å². The van der Waals surface area contributed by atoms with Crippen LogP contribution in [0.2, 0.25) is 0 Å². The number of amides is 2. The molecule has 2 saturated heterocycles. The molecule has 4 rings (SSSR count). The molecule has 29 heavy (non-hydrogen) atoms. The molecular formula is C22H30N2O4S. The summed E-state index contributed by atoms with van der Waals surface area (Å²) < 4.78 is 11.1. The van der Waals surface area contributed by atoms with Gasteiger partial charge in [-0.3, -0.25) is 9.59 Å². The molecule has 0 spiro atoms. The Labute approximate surface area is 176 Å². The number of piperidine rings is 1. The number of rotatable bonds is 4. The van der Waals surface area contributed by atoms with Gasteiger partial charge in [0.05, 0.1) is 5.75 Å². The number of likely N-dealkylation sites (tertiary alicyclic amines) is 2. The lowest BCUT2D eigenvalue weighted by Crippen LogP contribution is -2.45. The summed E-state index contributed by atoms with van der Waals surface area (Å²) in [4.78, 5) is 30.4. The van der Waals surface area contributed by atoms with E-state index < -0.39 is 0 Å². The van der Waals surface area contributed by atoms with Crippen LogP contribution >= 0.6 is 11.8 Å². The van der Waals surface area contributed by atoms with E-state index in [-0.39, 0.29) is 11.8 Å². The largest absolute Gasteiger partial charge is 0.486 e. The van der Waals surface area contributed by atoms with Gasteiger partial charge in [0.2, 0.25) is 11.8 Å². The number of carbonyl (C=O) groups excluding carboxylic acids is 2. The zero-order valence-corrected chi connectivity index (χ0v) is 17.8. The maximum absolute atomic E-state index is 12.8. The molecule has 1 aromatic carbocycles. The molecule has 0 N–H and O–H groups in total. The quantitative estimate of drug-likeness (QED) is 0.703. The first-order valence-electron chi connectivity index (χ1n) is 10.8. The fourth-order valence-corrected chi connectivity index (χ4v) is 5.10. The van der Waals surface area contributed by atoms with Crippen LogP contribution in [0.15, 0.2) is 23.1 Å². The molecule has 0 saturated carbocycles. The van der Waals surface area contributed by atoms with Gasteiger partial charge < -0.3 is 19.3 Å². The molecule has 6 nitrogen and oxygen atoms in total. The molecule has 0 unspecified atom stereocenters. The fourth-order valence-electron chi connectivity index (χ4n) is 4.27. The third-order valence-electron chi connectivity index (χ3n) is 5.99. The molecule has 2 fully saturated rings. The van der Waals surface area contributed by atoms with Gasteiger partial charge in [-0.1, -0.05) is 12.8 Å². The Morgan fingerprint density at radius 2 is 1.59 bits per heavy atom. The van der Waals surface area contributed by atoms with Crippen molar-refractivity contribution in [3.05, 3.63) is 18.2 Å². The van der Waals surface area contributed by atoms with Crippen molar-refractivity contribution in [3.63, 3.8) is 0 Å². The summed E-state index contributed by atoms with van der Waals surface area (Å²) in [5.41, 5.74) is 0. The number of fused-ring (bicyclic) bond motifs is 1. The molecule has 3 heterocycles. The van der Waals surface area contributed by atoms with E-state index in [4.69, 9.17) is 9.47 Å². The number of nitrogens with zero attached hydrogens (tertiary/aromatic N) is 2. The van der Waals surface area contributed by atoms with E-state index in [1.807, 2.05) is 23.1 Å². The van der Waals surface area contributed by atoms with Crippen LogP contribution in [0.5, 0.6) is 11.5 Å². The molecular weight excluding hydrogens is 388 g/mol. The summed E-state index contributed by atoms with van der Waals surface area (Å²) in [6.07, 6.45) is 6.29. The minimum Gasteiger partial charge on any atom is -0.486 e. The summed E-state index contributed by atoms with van der Waals surface area (Å²) in [6, 6.07) is 5.82. The van der Waals surface area contributed by atoms with Gasteiger partial charge in [-0.05, 0) is 43.9 Å². The number of benzene rings is 1. The molecule has 7 heteroatoms. The second-order valence-electron chi connectivity index (χ2n) is 7.99. The topological polar surface area (TPSA) is 59.1 Å². The predicted octanol–water partition coefficient (Wildman–Crippen LogP) is 3.19. The summed E-state index contributed by atoms with van der Waals surface area (Å²) >= 11 is 1.53. The normalized spacial score (nSPS) is 20.3. The van der Waals surface area contributed by atoms with Crippen LogP contribution in [0, 0.1) is 5.92 Å². The number of ether oxygens (including phenoxy) is 2. The van der Waals surface area contributed by atoms with E-state index in [9.17, 15) is 9.59 Å². The Balaban J connectivity index is 1.23. The summed E-state index contributed by atoms with van der Waals surface area (Å²) in [7, 11) is 0. The van der Waals surface area contributed by atoms with Crippen molar-refractivity contribution in [1.82, 2.24) is 9.80 Å². The third kappa shape index (κ3) is 5.18. The van der Waals surface area contributed by atoms with Crippen molar-refractivity contribution in [1.29, 1.82) is 0 Å². The van der Waals surface area contributed by atoms with E-state index in [0.29, 0.717) is 38.0 Å². The van der Waals surface area contributed by atoms with Crippen molar-refractivity contribution in [2.24, 2.45) is 5.92 Å². The van der Waals surface area contributed by atoms with Crippen LogP contribution < -0.4 is 9.47 Å². The van der Waals surface area contributed by atoms with E-state index in [1.165, 1.54) is 24.6 Å². The standard InChI is InChI=1S/C22H30N2O4S/c25-21(16-29-18-5-6-19-20(15-18)28-14-13-27-19)23-11-7-17(8-12-23)22(26)24-9-3-1-2-4-10-24/h5-6,15,17H,1-4,7-14,16H2. The van der Waals surface area contributed by atoms with Crippen molar-refractivity contribution in [2.45, 2.75) is 43.4 Å². The van der Waals surface area contributed by atoms with E-state index in [2.05, 4.69) is 4.90 Å². The van der Waals surface area contributed by atoms with Crippen LogP contribution in [-0.4, -0.2) is 66.8 Å². The average Bonchev–Trinajstić information content (AvgIpc) is 3.06. The summed E-state index contributed by atoms with van der Waals surface area (Å²) in [5.74, 6) is 2.46. The molecule has 3 aliphatic heterocycles. The molecule has 2 amide bonds. The maximum Gasteiger partial charge on any atom is 0.232 e. The van der Waals surface area contributed by atoms with Gasteiger partial charge in [-0.25, -0.2) is 0 Å². The van der Waals surface area contributed by atoms with Gasteiger partial charge in [-0.15, -0.1) is 11.8 Å². The molecule has 0 bridgehead atoms.